The number of piperidine rings is 1. The van der Waals surface area contributed by atoms with E-state index in [1.807, 2.05) is 20.8 Å². The number of carbonyl (C=O) groups is 2. The van der Waals surface area contributed by atoms with Crippen molar-refractivity contribution in [1.82, 2.24) is 10.2 Å². The van der Waals surface area contributed by atoms with Crippen molar-refractivity contribution in [3.8, 4) is 0 Å². The molecule has 6 nitrogen and oxygen atoms in total. The molecule has 2 atom stereocenters. The van der Waals surface area contributed by atoms with Crippen LogP contribution in [0.3, 0.4) is 0 Å². The van der Waals surface area contributed by atoms with E-state index in [9.17, 15) is 14.0 Å². The normalized spacial score (nSPS) is 20.3. The lowest BCUT2D eigenvalue weighted by molar-refractivity contribution is -0.116. The first-order chi connectivity index (χ1) is 12.6. The summed E-state index contributed by atoms with van der Waals surface area (Å²) >= 11 is 0. The minimum atomic E-state index is -0.493. The van der Waals surface area contributed by atoms with E-state index in [1.165, 1.54) is 24.3 Å². The Morgan fingerprint density at radius 1 is 1.26 bits per heavy atom. The van der Waals surface area contributed by atoms with Crippen LogP contribution >= 0.6 is 0 Å². The number of nitrogens with zero attached hydrogens (tertiary/aromatic N) is 1. The number of amides is 2. The second kappa shape index (κ2) is 9.17. The van der Waals surface area contributed by atoms with E-state index in [2.05, 4.69) is 17.6 Å². The van der Waals surface area contributed by atoms with Gasteiger partial charge in [-0.2, -0.15) is 0 Å². The Labute approximate surface area is 160 Å². The van der Waals surface area contributed by atoms with Crippen LogP contribution in [-0.2, 0) is 9.53 Å². The zero-order valence-electron chi connectivity index (χ0n) is 16.5. The molecule has 1 aromatic carbocycles. The largest absolute Gasteiger partial charge is 0.444 e. The Morgan fingerprint density at radius 2 is 1.93 bits per heavy atom. The molecule has 27 heavy (non-hydrogen) atoms. The number of benzene rings is 1. The van der Waals surface area contributed by atoms with Crippen molar-refractivity contribution in [2.45, 2.75) is 52.2 Å². The topological polar surface area (TPSA) is 70.7 Å². The lowest BCUT2D eigenvalue weighted by atomic mass is 9.94. The fourth-order valence-corrected chi connectivity index (χ4v) is 3.07. The van der Waals surface area contributed by atoms with Crippen molar-refractivity contribution in [2.24, 2.45) is 5.92 Å². The number of nitrogens with one attached hydrogen (secondary N) is 2. The molecule has 2 rings (SSSR count). The summed E-state index contributed by atoms with van der Waals surface area (Å²) < 4.78 is 18.3. The zero-order chi connectivity index (χ0) is 20.0. The van der Waals surface area contributed by atoms with Gasteiger partial charge in [0.05, 0.1) is 0 Å². The highest BCUT2D eigenvalue weighted by Gasteiger charge is 2.30. The number of carbonyl (C=O) groups excluding carboxylic acids is 2. The Kier molecular flexibility index (Phi) is 7.18. The summed E-state index contributed by atoms with van der Waals surface area (Å²) in [5.74, 6) is -0.180. The molecule has 2 amide bonds. The molecule has 0 radical (unpaired) electrons. The van der Waals surface area contributed by atoms with Gasteiger partial charge in [-0.15, -0.1) is 0 Å². The molecule has 150 valence electrons. The molecule has 0 unspecified atom stereocenters. The molecule has 2 N–H and O–H groups in total. The number of rotatable bonds is 5. The summed E-state index contributed by atoms with van der Waals surface area (Å²) in [5, 5.41) is 6.15. The monoisotopic (exact) mass is 379 g/mol. The van der Waals surface area contributed by atoms with Gasteiger partial charge in [-0.05, 0) is 57.4 Å². The second-order valence-corrected chi connectivity index (χ2v) is 8.06. The van der Waals surface area contributed by atoms with Gasteiger partial charge in [-0.1, -0.05) is 6.92 Å². The zero-order valence-corrected chi connectivity index (χ0v) is 16.5. The Morgan fingerprint density at radius 3 is 2.52 bits per heavy atom. The second-order valence-electron chi connectivity index (χ2n) is 8.06. The molecule has 1 fully saturated rings. The lowest BCUT2D eigenvalue weighted by Gasteiger charge is -2.38. The van der Waals surface area contributed by atoms with Crippen LogP contribution in [0.4, 0.5) is 14.9 Å². The van der Waals surface area contributed by atoms with Gasteiger partial charge < -0.3 is 20.3 Å². The summed E-state index contributed by atoms with van der Waals surface area (Å²) in [6, 6.07) is 5.95. The minimum absolute atomic E-state index is 0.118. The number of hydrogen-bond acceptors (Lipinski definition) is 4. The smallest absolute Gasteiger partial charge is 0.410 e. The number of hydrogen-bond donors (Lipinski definition) is 2. The van der Waals surface area contributed by atoms with Crippen molar-refractivity contribution in [2.75, 3.05) is 25.0 Å². The Balaban J connectivity index is 1.70. The maximum absolute atomic E-state index is 12.9. The molecule has 0 bridgehead atoms. The van der Waals surface area contributed by atoms with Crippen LogP contribution in [0, 0.1) is 11.7 Å². The van der Waals surface area contributed by atoms with Crippen molar-refractivity contribution >= 4 is 17.7 Å². The summed E-state index contributed by atoms with van der Waals surface area (Å²) in [7, 11) is 0. The Hall–Kier alpha value is -2.15. The van der Waals surface area contributed by atoms with Gasteiger partial charge in [0, 0.05) is 37.8 Å². The van der Waals surface area contributed by atoms with Crippen molar-refractivity contribution in [3.63, 3.8) is 0 Å². The van der Waals surface area contributed by atoms with Crippen LogP contribution in [0.5, 0.6) is 0 Å². The van der Waals surface area contributed by atoms with E-state index in [0.717, 1.165) is 6.42 Å². The molecule has 0 aliphatic carbocycles. The number of halogens is 1. The van der Waals surface area contributed by atoms with Crippen LogP contribution in [0.25, 0.3) is 0 Å². The van der Waals surface area contributed by atoms with Gasteiger partial charge in [0.25, 0.3) is 0 Å². The number of likely N-dealkylation sites (tertiary alicyclic amines) is 1. The molecule has 1 saturated heterocycles. The SMILES string of the molecule is C[C@H]1CN(C(=O)OC(C)(C)C)CC[C@H]1NCCC(=O)Nc1ccc(F)cc1. The predicted octanol–water partition coefficient (Wildman–Crippen LogP) is 3.39. The average Bonchev–Trinajstić information content (AvgIpc) is 2.57. The average molecular weight is 379 g/mol. The standard InChI is InChI=1S/C20H30FN3O3/c1-14-13-24(19(26)27-20(2,3)4)12-10-17(14)22-11-9-18(25)23-16-7-5-15(21)6-8-16/h5-8,14,17,22H,9-13H2,1-4H3,(H,23,25)/t14-,17+/m0/s1. The summed E-state index contributed by atoms with van der Waals surface area (Å²) in [5.41, 5.74) is 0.0910. The van der Waals surface area contributed by atoms with Gasteiger partial charge in [0.15, 0.2) is 0 Å². The van der Waals surface area contributed by atoms with Crippen LogP contribution in [0.1, 0.15) is 40.5 Å². The summed E-state index contributed by atoms with van der Waals surface area (Å²) in [6.45, 7) is 9.49. The highest BCUT2D eigenvalue weighted by atomic mass is 19.1. The molecule has 0 spiro atoms. The maximum atomic E-state index is 12.9. The van der Waals surface area contributed by atoms with E-state index in [4.69, 9.17) is 4.74 Å². The van der Waals surface area contributed by atoms with Crippen molar-refractivity contribution in [3.05, 3.63) is 30.1 Å². The fraction of sp³-hybridized carbons (Fsp3) is 0.600. The molecule has 0 saturated carbocycles. The third-order valence-electron chi connectivity index (χ3n) is 4.44. The van der Waals surface area contributed by atoms with Crippen LogP contribution in [0.15, 0.2) is 24.3 Å². The van der Waals surface area contributed by atoms with E-state index >= 15 is 0 Å². The molecule has 1 aliphatic heterocycles. The molecule has 7 heteroatoms. The van der Waals surface area contributed by atoms with E-state index in [0.29, 0.717) is 31.7 Å². The predicted molar refractivity (Wildman–Crippen MR) is 103 cm³/mol. The summed E-state index contributed by atoms with van der Waals surface area (Å²) in [6.07, 6.45) is 0.877. The molecule has 1 heterocycles. The van der Waals surface area contributed by atoms with Crippen molar-refractivity contribution < 1.29 is 18.7 Å². The molecule has 0 aromatic heterocycles. The fourth-order valence-electron chi connectivity index (χ4n) is 3.07. The first-order valence-electron chi connectivity index (χ1n) is 9.41. The lowest BCUT2D eigenvalue weighted by Crippen LogP contribution is -2.51. The molecule has 1 aromatic rings. The van der Waals surface area contributed by atoms with Gasteiger partial charge in [0.2, 0.25) is 5.91 Å². The van der Waals surface area contributed by atoms with E-state index < -0.39 is 5.60 Å². The first kappa shape index (κ1) is 21.2. The number of anilines is 1. The molecule has 1 aliphatic rings. The van der Waals surface area contributed by atoms with Gasteiger partial charge in [0.1, 0.15) is 11.4 Å². The van der Waals surface area contributed by atoms with Gasteiger partial charge in [-0.3, -0.25) is 4.79 Å². The highest BCUT2D eigenvalue weighted by Crippen LogP contribution is 2.19. The molecular formula is C20H30FN3O3. The first-order valence-corrected chi connectivity index (χ1v) is 9.41. The van der Waals surface area contributed by atoms with Gasteiger partial charge >= 0.3 is 6.09 Å². The van der Waals surface area contributed by atoms with E-state index in [-0.39, 0.29) is 29.8 Å². The van der Waals surface area contributed by atoms with Crippen LogP contribution in [0.2, 0.25) is 0 Å². The van der Waals surface area contributed by atoms with E-state index in [1.54, 1.807) is 4.90 Å². The van der Waals surface area contributed by atoms with Crippen molar-refractivity contribution in [1.29, 1.82) is 0 Å². The number of ether oxygens (including phenoxy) is 1. The summed E-state index contributed by atoms with van der Waals surface area (Å²) in [4.78, 5) is 25.9. The highest BCUT2D eigenvalue weighted by molar-refractivity contribution is 5.90. The van der Waals surface area contributed by atoms with Crippen LogP contribution in [-0.4, -0.2) is 48.2 Å². The quantitative estimate of drug-likeness (QED) is 0.823. The third-order valence-corrected chi connectivity index (χ3v) is 4.44. The Bertz CT molecular complexity index is 643. The maximum Gasteiger partial charge on any atom is 0.410 e. The minimum Gasteiger partial charge on any atom is -0.444 e. The van der Waals surface area contributed by atoms with Gasteiger partial charge in [-0.25, -0.2) is 9.18 Å². The third kappa shape index (κ3) is 7.17. The van der Waals surface area contributed by atoms with Crippen LogP contribution < -0.4 is 10.6 Å². The molecular weight excluding hydrogens is 349 g/mol.